The van der Waals surface area contributed by atoms with Gasteiger partial charge in [0.05, 0.1) is 18.0 Å². The highest BCUT2D eigenvalue weighted by Crippen LogP contribution is 2.55. The number of fused-ring (bicyclic) bond motifs is 5. The van der Waals surface area contributed by atoms with E-state index in [1.807, 2.05) is 67.6 Å². The van der Waals surface area contributed by atoms with Crippen LogP contribution in [0.3, 0.4) is 0 Å². The monoisotopic (exact) mass is 535 g/mol. The highest BCUT2D eigenvalue weighted by Gasteiger charge is 2.56. The van der Waals surface area contributed by atoms with Gasteiger partial charge in [-0.05, 0) is 54.0 Å². The maximum absolute atomic E-state index is 13.1. The fraction of sp³-hybridized carbons (Fsp3) is 0.294. The minimum absolute atomic E-state index is 0.00592. The van der Waals surface area contributed by atoms with E-state index in [1.54, 1.807) is 17.0 Å². The summed E-state index contributed by atoms with van der Waals surface area (Å²) in [5, 5.41) is 0. The van der Waals surface area contributed by atoms with Gasteiger partial charge in [0.25, 0.3) is 0 Å². The quantitative estimate of drug-likeness (QED) is 0.232. The van der Waals surface area contributed by atoms with Gasteiger partial charge in [-0.2, -0.15) is 0 Å². The Morgan fingerprint density at radius 1 is 0.900 bits per heavy atom. The maximum atomic E-state index is 13.1. The van der Waals surface area contributed by atoms with E-state index in [-0.39, 0.29) is 24.3 Å². The van der Waals surface area contributed by atoms with Crippen LogP contribution in [-0.2, 0) is 22.7 Å². The Bertz CT molecular complexity index is 1420. The molecule has 1 saturated heterocycles. The Kier molecular flexibility index (Phi) is 7.16. The van der Waals surface area contributed by atoms with Crippen molar-refractivity contribution in [2.45, 2.75) is 26.6 Å². The topological polar surface area (TPSA) is 65.1 Å². The minimum Gasteiger partial charge on any atom is -0.485 e. The molecule has 3 aromatic carbocycles. The van der Waals surface area contributed by atoms with Gasteiger partial charge in [-0.15, -0.1) is 0 Å². The standard InChI is InChI=1S/C34H33NO5/c1-22-17-28(34(37)38-16-15-35-23(2)30-26-13-14-27(18-26)31(30)33(35)36)19-29(39-20-24-9-5-3-6-10-24)32(22)40-21-25-11-7-4-8-12-25/h3-14,17,19,26-27,30-31H,2,15-16,18,20-21H2,1H3/t26-,27+,30+,31-/m0/s1. The van der Waals surface area contributed by atoms with Crippen molar-refractivity contribution in [2.24, 2.45) is 23.7 Å². The molecule has 6 nitrogen and oxygen atoms in total. The number of amides is 1. The number of hydrogen-bond donors (Lipinski definition) is 0. The number of nitrogens with zero attached hydrogens (tertiary/aromatic N) is 1. The van der Waals surface area contributed by atoms with Crippen molar-refractivity contribution in [1.82, 2.24) is 4.90 Å². The zero-order chi connectivity index (χ0) is 27.6. The first-order valence-electron chi connectivity index (χ1n) is 13.8. The number of hydrogen-bond acceptors (Lipinski definition) is 5. The zero-order valence-electron chi connectivity index (χ0n) is 22.6. The first-order chi connectivity index (χ1) is 19.5. The van der Waals surface area contributed by atoms with Gasteiger partial charge in [0, 0.05) is 11.6 Å². The molecule has 3 aliphatic rings. The molecule has 1 amide bonds. The number of allylic oxidation sites excluding steroid dienone is 3. The van der Waals surface area contributed by atoms with Gasteiger partial charge in [0.15, 0.2) is 11.5 Å². The van der Waals surface area contributed by atoms with Crippen LogP contribution in [0.5, 0.6) is 11.5 Å². The second-order valence-electron chi connectivity index (χ2n) is 10.8. The third-order valence-corrected chi connectivity index (χ3v) is 8.23. The number of esters is 1. The molecule has 0 unspecified atom stereocenters. The average molecular weight is 536 g/mol. The lowest BCUT2D eigenvalue weighted by atomic mass is 9.84. The highest BCUT2D eigenvalue weighted by atomic mass is 16.5. The molecule has 1 heterocycles. The van der Waals surface area contributed by atoms with Crippen LogP contribution < -0.4 is 9.47 Å². The lowest BCUT2D eigenvalue weighted by molar-refractivity contribution is -0.131. The Hall–Kier alpha value is -4.32. The van der Waals surface area contributed by atoms with E-state index in [0.717, 1.165) is 28.8 Å². The van der Waals surface area contributed by atoms with Crippen LogP contribution in [0, 0.1) is 30.6 Å². The van der Waals surface area contributed by atoms with Crippen molar-refractivity contribution in [1.29, 1.82) is 0 Å². The molecule has 0 aromatic heterocycles. The van der Waals surface area contributed by atoms with Crippen molar-refractivity contribution in [3.05, 3.63) is 119 Å². The largest absolute Gasteiger partial charge is 0.485 e. The number of carbonyl (C=O) groups is 2. The van der Waals surface area contributed by atoms with E-state index in [2.05, 4.69) is 18.7 Å². The summed E-state index contributed by atoms with van der Waals surface area (Å²) in [6, 6.07) is 23.2. The predicted molar refractivity (Wildman–Crippen MR) is 152 cm³/mol. The molecule has 204 valence electrons. The van der Waals surface area contributed by atoms with E-state index in [9.17, 15) is 9.59 Å². The summed E-state index contributed by atoms with van der Waals surface area (Å²) in [4.78, 5) is 27.9. The Balaban J connectivity index is 1.13. The lowest BCUT2D eigenvalue weighted by Gasteiger charge is -2.21. The van der Waals surface area contributed by atoms with Crippen LogP contribution in [0.1, 0.15) is 33.5 Å². The number of likely N-dealkylation sites (tertiary alicyclic amines) is 1. The van der Waals surface area contributed by atoms with Crippen molar-refractivity contribution in [2.75, 3.05) is 13.2 Å². The zero-order valence-corrected chi connectivity index (χ0v) is 22.6. The van der Waals surface area contributed by atoms with Crippen LogP contribution in [0.15, 0.2) is 97.2 Å². The number of rotatable bonds is 10. The smallest absolute Gasteiger partial charge is 0.338 e. The summed E-state index contributed by atoms with van der Waals surface area (Å²) in [6.45, 7) is 7.22. The highest BCUT2D eigenvalue weighted by molar-refractivity contribution is 5.91. The van der Waals surface area contributed by atoms with Crippen molar-refractivity contribution < 1.29 is 23.8 Å². The van der Waals surface area contributed by atoms with Gasteiger partial charge in [-0.3, -0.25) is 4.79 Å². The van der Waals surface area contributed by atoms with E-state index in [1.165, 1.54) is 0 Å². The molecule has 0 spiro atoms. The molecule has 1 saturated carbocycles. The summed E-state index contributed by atoms with van der Waals surface area (Å²) < 4.78 is 18.0. The number of carbonyl (C=O) groups excluding carboxylic acids is 2. The molecule has 6 rings (SSSR count). The molecule has 2 aliphatic carbocycles. The van der Waals surface area contributed by atoms with Gasteiger partial charge in [0.1, 0.15) is 19.8 Å². The van der Waals surface area contributed by atoms with Crippen LogP contribution in [-0.4, -0.2) is 29.9 Å². The SMILES string of the molecule is C=C1[C@H]2[C@@H](C(=O)N1CCOC(=O)c1cc(C)c(OCc3ccccc3)c(OCc3ccccc3)c1)[C@@H]1C=C[C@H]2C1. The molecule has 2 fully saturated rings. The van der Waals surface area contributed by atoms with Gasteiger partial charge in [-0.1, -0.05) is 79.4 Å². The third kappa shape index (κ3) is 5.02. The maximum Gasteiger partial charge on any atom is 0.338 e. The lowest BCUT2D eigenvalue weighted by Crippen LogP contribution is -2.31. The van der Waals surface area contributed by atoms with Gasteiger partial charge >= 0.3 is 5.97 Å². The fourth-order valence-corrected chi connectivity index (χ4v) is 6.30. The second kappa shape index (κ2) is 11.0. The molecule has 40 heavy (non-hydrogen) atoms. The summed E-state index contributed by atoms with van der Waals surface area (Å²) in [5.74, 6) is 1.60. The first-order valence-corrected chi connectivity index (χ1v) is 13.8. The van der Waals surface area contributed by atoms with Gasteiger partial charge < -0.3 is 19.1 Å². The van der Waals surface area contributed by atoms with Crippen molar-refractivity contribution in [3.8, 4) is 11.5 Å². The predicted octanol–water partition coefficient (Wildman–Crippen LogP) is 6.10. The summed E-state index contributed by atoms with van der Waals surface area (Å²) in [5.41, 5.74) is 4.04. The fourth-order valence-electron chi connectivity index (χ4n) is 6.30. The molecule has 2 bridgehead atoms. The molecule has 6 heteroatoms. The molecule has 4 atom stereocenters. The minimum atomic E-state index is -0.471. The van der Waals surface area contributed by atoms with Gasteiger partial charge in [0.2, 0.25) is 5.91 Å². The van der Waals surface area contributed by atoms with Gasteiger partial charge in [-0.25, -0.2) is 4.79 Å². The van der Waals surface area contributed by atoms with E-state index in [0.29, 0.717) is 48.7 Å². The normalized spacial score (nSPS) is 22.5. The molecular weight excluding hydrogens is 502 g/mol. The number of aryl methyl sites for hydroxylation is 1. The van der Waals surface area contributed by atoms with E-state index < -0.39 is 5.97 Å². The van der Waals surface area contributed by atoms with E-state index >= 15 is 0 Å². The first kappa shape index (κ1) is 25.9. The third-order valence-electron chi connectivity index (χ3n) is 8.23. The Morgan fingerprint density at radius 2 is 1.52 bits per heavy atom. The van der Waals surface area contributed by atoms with Crippen LogP contribution in [0.4, 0.5) is 0 Å². The number of benzene rings is 3. The summed E-state index contributed by atoms with van der Waals surface area (Å²) >= 11 is 0. The molecule has 0 N–H and O–H groups in total. The molecular formula is C34H33NO5. The van der Waals surface area contributed by atoms with Crippen molar-refractivity contribution in [3.63, 3.8) is 0 Å². The van der Waals surface area contributed by atoms with E-state index in [4.69, 9.17) is 14.2 Å². The van der Waals surface area contributed by atoms with Crippen LogP contribution in [0.25, 0.3) is 0 Å². The molecule has 3 aromatic rings. The van der Waals surface area contributed by atoms with Crippen molar-refractivity contribution >= 4 is 11.9 Å². The average Bonchev–Trinajstić information content (AvgIpc) is 3.66. The summed E-state index contributed by atoms with van der Waals surface area (Å²) in [6.07, 6.45) is 5.44. The molecule has 0 radical (unpaired) electrons. The molecule has 1 aliphatic heterocycles. The Morgan fingerprint density at radius 3 is 2.17 bits per heavy atom. The van der Waals surface area contributed by atoms with Crippen LogP contribution >= 0.6 is 0 Å². The number of ether oxygens (including phenoxy) is 3. The summed E-state index contributed by atoms with van der Waals surface area (Å²) in [7, 11) is 0. The Labute approximate surface area is 234 Å². The second-order valence-corrected chi connectivity index (χ2v) is 10.8. The van der Waals surface area contributed by atoms with Crippen LogP contribution in [0.2, 0.25) is 0 Å².